The van der Waals surface area contributed by atoms with Crippen molar-refractivity contribution in [3.05, 3.63) is 133 Å². The van der Waals surface area contributed by atoms with Crippen molar-refractivity contribution in [2.75, 3.05) is 21.3 Å². The highest BCUT2D eigenvalue weighted by Gasteiger charge is 2.01. The molecule has 0 aliphatic carbocycles. The SMILES string of the molecule is c1ccc(Nc2ccc(Nc3cccc(Nc4ccc(Nc5ccccc5)cc4)c3)cc2)cc1. The van der Waals surface area contributed by atoms with Crippen LogP contribution in [0.1, 0.15) is 0 Å². The van der Waals surface area contributed by atoms with Crippen LogP contribution in [-0.2, 0) is 0 Å². The van der Waals surface area contributed by atoms with Gasteiger partial charge in [-0.2, -0.15) is 0 Å². The maximum absolute atomic E-state index is 3.48. The van der Waals surface area contributed by atoms with Gasteiger partial charge in [0.15, 0.2) is 0 Å². The molecule has 5 aromatic rings. The van der Waals surface area contributed by atoms with Crippen LogP contribution < -0.4 is 21.3 Å². The molecule has 0 fully saturated rings. The molecular formula is C30H26N4. The zero-order valence-electron chi connectivity index (χ0n) is 18.7. The number of nitrogens with one attached hydrogen (secondary N) is 4. The summed E-state index contributed by atoms with van der Waals surface area (Å²) in [5, 5.41) is 13.8. The van der Waals surface area contributed by atoms with Crippen LogP contribution in [0.15, 0.2) is 133 Å². The van der Waals surface area contributed by atoms with Crippen LogP contribution >= 0.6 is 0 Å². The van der Waals surface area contributed by atoms with Gasteiger partial charge in [0.05, 0.1) is 0 Å². The minimum atomic E-state index is 1.02. The van der Waals surface area contributed by atoms with Crippen molar-refractivity contribution in [2.24, 2.45) is 0 Å². The fourth-order valence-electron chi connectivity index (χ4n) is 3.66. The van der Waals surface area contributed by atoms with E-state index in [2.05, 4.69) is 112 Å². The number of hydrogen-bond donors (Lipinski definition) is 4. The molecule has 166 valence electrons. The molecule has 4 nitrogen and oxygen atoms in total. The monoisotopic (exact) mass is 442 g/mol. The predicted octanol–water partition coefficient (Wildman–Crippen LogP) is 8.66. The summed E-state index contributed by atoms with van der Waals surface area (Å²) in [5.41, 5.74) is 8.37. The van der Waals surface area contributed by atoms with E-state index in [0.717, 1.165) is 45.5 Å². The Hall–Kier alpha value is -4.70. The first-order valence-electron chi connectivity index (χ1n) is 11.3. The second kappa shape index (κ2) is 10.3. The molecule has 0 radical (unpaired) electrons. The van der Waals surface area contributed by atoms with Gasteiger partial charge in [-0.1, -0.05) is 42.5 Å². The van der Waals surface area contributed by atoms with Crippen LogP contribution in [0.4, 0.5) is 45.5 Å². The van der Waals surface area contributed by atoms with Crippen molar-refractivity contribution in [1.29, 1.82) is 0 Å². The largest absolute Gasteiger partial charge is 0.356 e. The quantitative estimate of drug-likeness (QED) is 0.194. The third-order valence-corrected chi connectivity index (χ3v) is 5.33. The van der Waals surface area contributed by atoms with Gasteiger partial charge < -0.3 is 21.3 Å². The van der Waals surface area contributed by atoms with E-state index < -0.39 is 0 Å². The fraction of sp³-hybridized carbons (Fsp3) is 0. The molecule has 0 unspecified atom stereocenters. The maximum atomic E-state index is 3.48. The van der Waals surface area contributed by atoms with Gasteiger partial charge in [-0.25, -0.2) is 0 Å². The highest BCUT2D eigenvalue weighted by atomic mass is 14.9. The summed E-state index contributed by atoms with van der Waals surface area (Å²) >= 11 is 0. The Labute approximate surface area is 200 Å². The second-order valence-electron chi connectivity index (χ2n) is 7.97. The Morgan fingerprint density at radius 3 is 0.853 bits per heavy atom. The lowest BCUT2D eigenvalue weighted by Crippen LogP contribution is -1.95. The lowest BCUT2D eigenvalue weighted by molar-refractivity contribution is 1.49. The van der Waals surface area contributed by atoms with Gasteiger partial charge in [0.25, 0.3) is 0 Å². The van der Waals surface area contributed by atoms with Crippen LogP contribution in [-0.4, -0.2) is 0 Å². The Kier molecular flexibility index (Phi) is 6.40. The van der Waals surface area contributed by atoms with E-state index in [1.54, 1.807) is 0 Å². The molecule has 0 saturated heterocycles. The molecule has 0 aromatic heterocycles. The molecule has 0 saturated carbocycles. The molecule has 4 N–H and O–H groups in total. The van der Waals surface area contributed by atoms with Gasteiger partial charge in [-0.3, -0.25) is 0 Å². The summed E-state index contributed by atoms with van der Waals surface area (Å²) in [6.07, 6.45) is 0. The molecule has 5 rings (SSSR count). The highest BCUT2D eigenvalue weighted by Crippen LogP contribution is 2.26. The van der Waals surface area contributed by atoms with E-state index in [0.29, 0.717) is 0 Å². The van der Waals surface area contributed by atoms with Crippen molar-refractivity contribution < 1.29 is 0 Å². The van der Waals surface area contributed by atoms with Gasteiger partial charge in [0, 0.05) is 45.5 Å². The van der Waals surface area contributed by atoms with E-state index in [-0.39, 0.29) is 0 Å². The molecule has 5 aromatic carbocycles. The molecule has 0 aliphatic rings. The smallest absolute Gasteiger partial charge is 0.0405 e. The van der Waals surface area contributed by atoms with Crippen molar-refractivity contribution in [1.82, 2.24) is 0 Å². The third kappa shape index (κ3) is 5.75. The zero-order chi connectivity index (χ0) is 23.0. The maximum Gasteiger partial charge on any atom is 0.0405 e. The first-order chi connectivity index (χ1) is 16.8. The number of anilines is 8. The summed E-state index contributed by atoms with van der Waals surface area (Å²) in [4.78, 5) is 0. The van der Waals surface area contributed by atoms with Gasteiger partial charge >= 0.3 is 0 Å². The normalized spacial score (nSPS) is 10.4. The standard InChI is InChI=1S/C30H26N4/c1-3-8-23(9-4-1)31-25-14-18-27(19-15-25)33-29-12-7-13-30(22-29)34-28-20-16-26(17-21-28)32-24-10-5-2-6-11-24/h1-22,31-34H. The summed E-state index contributed by atoms with van der Waals surface area (Å²) in [6.45, 7) is 0. The molecule has 34 heavy (non-hydrogen) atoms. The third-order valence-electron chi connectivity index (χ3n) is 5.33. The fourth-order valence-corrected chi connectivity index (χ4v) is 3.66. The highest BCUT2D eigenvalue weighted by molar-refractivity contribution is 5.71. The van der Waals surface area contributed by atoms with E-state index in [4.69, 9.17) is 0 Å². The number of hydrogen-bond acceptors (Lipinski definition) is 4. The van der Waals surface area contributed by atoms with Crippen molar-refractivity contribution in [2.45, 2.75) is 0 Å². The summed E-state index contributed by atoms with van der Waals surface area (Å²) in [6, 6.07) is 45.2. The first-order valence-corrected chi connectivity index (χ1v) is 11.3. The summed E-state index contributed by atoms with van der Waals surface area (Å²) in [5.74, 6) is 0. The molecule has 0 aliphatic heterocycles. The minimum Gasteiger partial charge on any atom is -0.356 e. The molecule has 0 spiro atoms. The lowest BCUT2D eigenvalue weighted by Gasteiger charge is -2.12. The minimum absolute atomic E-state index is 1.02. The lowest BCUT2D eigenvalue weighted by atomic mass is 10.2. The molecule has 0 bridgehead atoms. The molecular weight excluding hydrogens is 416 g/mol. The van der Waals surface area contributed by atoms with E-state index in [1.807, 2.05) is 42.5 Å². The Balaban J connectivity index is 1.20. The molecule has 0 amide bonds. The van der Waals surface area contributed by atoms with Crippen LogP contribution in [0.25, 0.3) is 0 Å². The van der Waals surface area contributed by atoms with Gasteiger partial charge in [0.1, 0.15) is 0 Å². The van der Waals surface area contributed by atoms with E-state index >= 15 is 0 Å². The number of para-hydroxylation sites is 2. The van der Waals surface area contributed by atoms with Gasteiger partial charge in [-0.05, 0) is 91.0 Å². The molecule has 0 heterocycles. The van der Waals surface area contributed by atoms with Crippen LogP contribution in [0, 0.1) is 0 Å². The van der Waals surface area contributed by atoms with E-state index in [1.165, 1.54) is 0 Å². The predicted molar refractivity (Wildman–Crippen MR) is 145 cm³/mol. The van der Waals surface area contributed by atoms with Crippen LogP contribution in [0.3, 0.4) is 0 Å². The zero-order valence-corrected chi connectivity index (χ0v) is 18.7. The first kappa shape index (κ1) is 21.2. The Bertz CT molecular complexity index is 1210. The van der Waals surface area contributed by atoms with Crippen molar-refractivity contribution in [3.63, 3.8) is 0 Å². The summed E-state index contributed by atoms with van der Waals surface area (Å²) < 4.78 is 0. The van der Waals surface area contributed by atoms with Gasteiger partial charge in [0.2, 0.25) is 0 Å². The van der Waals surface area contributed by atoms with Crippen molar-refractivity contribution in [3.8, 4) is 0 Å². The molecule has 0 atom stereocenters. The number of rotatable bonds is 8. The average Bonchev–Trinajstić information content (AvgIpc) is 2.88. The van der Waals surface area contributed by atoms with Gasteiger partial charge in [-0.15, -0.1) is 0 Å². The van der Waals surface area contributed by atoms with E-state index in [9.17, 15) is 0 Å². The van der Waals surface area contributed by atoms with Crippen molar-refractivity contribution >= 4 is 45.5 Å². The average molecular weight is 443 g/mol. The topological polar surface area (TPSA) is 48.1 Å². The molecule has 4 heteroatoms. The number of benzene rings is 5. The Morgan fingerprint density at radius 1 is 0.235 bits per heavy atom. The Morgan fingerprint density at radius 2 is 0.500 bits per heavy atom. The second-order valence-corrected chi connectivity index (χ2v) is 7.97. The van der Waals surface area contributed by atoms with Crippen LogP contribution in [0.2, 0.25) is 0 Å². The summed E-state index contributed by atoms with van der Waals surface area (Å²) in [7, 11) is 0. The van der Waals surface area contributed by atoms with Crippen LogP contribution in [0.5, 0.6) is 0 Å².